The normalized spacial score (nSPS) is 10.1. The van der Waals surface area contributed by atoms with Crippen molar-refractivity contribution in [1.82, 2.24) is 0 Å². The molecule has 0 saturated carbocycles. The maximum Gasteiger partial charge on any atom is 0.343 e. The van der Waals surface area contributed by atoms with E-state index in [1.165, 1.54) is 5.56 Å². The van der Waals surface area contributed by atoms with Gasteiger partial charge >= 0.3 is 5.97 Å². The van der Waals surface area contributed by atoms with Crippen molar-refractivity contribution in [2.75, 3.05) is 0 Å². The third-order valence-corrected chi connectivity index (χ3v) is 2.92. The first-order chi connectivity index (χ1) is 8.70. The summed E-state index contributed by atoms with van der Waals surface area (Å²) in [5.41, 5.74) is 2.99. The van der Waals surface area contributed by atoms with Crippen molar-refractivity contribution in [1.29, 1.82) is 0 Å². The lowest BCUT2D eigenvalue weighted by Gasteiger charge is -2.07. The Morgan fingerprint density at radius 2 is 1.83 bits per heavy atom. The molecule has 0 aliphatic rings. The van der Waals surface area contributed by atoms with Crippen LogP contribution in [0, 0.1) is 6.92 Å². The average Bonchev–Trinajstić information content (AvgIpc) is 2.40. The number of aryl methyl sites for hydroxylation is 2. The lowest BCUT2D eigenvalue weighted by molar-refractivity contribution is 0.0734. The number of esters is 1. The van der Waals surface area contributed by atoms with Crippen molar-refractivity contribution in [3.63, 3.8) is 0 Å². The maximum atomic E-state index is 11.9. The predicted molar refractivity (Wildman–Crippen MR) is 72.0 cm³/mol. The smallest absolute Gasteiger partial charge is 0.343 e. The van der Waals surface area contributed by atoms with Crippen LogP contribution in [0.3, 0.4) is 0 Å². The summed E-state index contributed by atoms with van der Waals surface area (Å²) in [6.07, 6.45) is 0.985. The van der Waals surface area contributed by atoms with E-state index >= 15 is 0 Å². The number of carbonyl (C=O) groups excluding carboxylic acids is 1. The van der Waals surface area contributed by atoms with Gasteiger partial charge in [0, 0.05) is 0 Å². The Morgan fingerprint density at radius 3 is 2.44 bits per heavy atom. The van der Waals surface area contributed by atoms with Crippen LogP contribution < -0.4 is 4.74 Å². The molecule has 0 aromatic heterocycles. The van der Waals surface area contributed by atoms with Gasteiger partial charge in [0.2, 0.25) is 0 Å². The molecule has 0 fully saturated rings. The van der Waals surface area contributed by atoms with Crippen molar-refractivity contribution >= 4 is 5.97 Å². The summed E-state index contributed by atoms with van der Waals surface area (Å²) in [6.45, 7) is 4.14. The number of benzene rings is 2. The summed E-state index contributed by atoms with van der Waals surface area (Å²) >= 11 is 0. The van der Waals surface area contributed by atoms with Gasteiger partial charge in [-0.3, -0.25) is 0 Å². The van der Waals surface area contributed by atoms with Gasteiger partial charge in [0.05, 0.1) is 5.56 Å². The molecule has 0 amide bonds. The Morgan fingerprint density at radius 1 is 1.11 bits per heavy atom. The highest BCUT2D eigenvalue weighted by Gasteiger charge is 2.08. The van der Waals surface area contributed by atoms with Crippen LogP contribution in [0.15, 0.2) is 48.5 Å². The van der Waals surface area contributed by atoms with Gasteiger partial charge in [-0.25, -0.2) is 4.79 Å². The molecule has 2 aromatic rings. The van der Waals surface area contributed by atoms with Crippen molar-refractivity contribution < 1.29 is 9.53 Å². The average molecular weight is 240 g/mol. The van der Waals surface area contributed by atoms with Crippen LogP contribution in [0.4, 0.5) is 0 Å². The lowest BCUT2D eigenvalue weighted by atomic mass is 10.1. The van der Waals surface area contributed by atoms with Gasteiger partial charge in [-0.1, -0.05) is 31.2 Å². The molecule has 0 N–H and O–H groups in total. The Bertz CT molecular complexity index is 544. The highest BCUT2D eigenvalue weighted by molar-refractivity contribution is 5.90. The second kappa shape index (κ2) is 5.50. The van der Waals surface area contributed by atoms with Gasteiger partial charge in [0.1, 0.15) is 5.75 Å². The summed E-state index contributed by atoms with van der Waals surface area (Å²) in [5.74, 6) is 0.276. The molecule has 0 atom stereocenters. The van der Waals surface area contributed by atoms with E-state index in [2.05, 4.69) is 6.92 Å². The first-order valence-corrected chi connectivity index (χ1v) is 6.07. The molecule has 0 saturated heterocycles. The molecule has 0 aliphatic heterocycles. The topological polar surface area (TPSA) is 26.3 Å². The number of ether oxygens (including phenoxy) is 1. The first-order valence-electron chi connectivity index (χ1n) is 6.07. The number of hydrogen-bond donors (Lipinski definition) is 0. The van der Waals surface area contributed by atoms with Crippen molar-refractivity contribution in [2.24, 2.45) is 0 Å². The second-order valence-corrected chi connectivity index (χ2v) is 4.20. The van der Waals surface area contributed by atoms with Gasteiger partial charge in [0.15, 0.2) is 0 Å². The quantitative estimate of drug-likeness (QED) is 0.603. The molecule has 0 unspecified atom stereocenters. The van der Waals surface area contributed by atoms with Gasteiger partial charge < -0.3 is 4.74 Å². The minimum atomic E-state index is -0.320. The van der Waals surface area contributed by atoms with Crippen LogP contribution >= 0.6 is 0 Å². The lowest BCUT2D eigenvalue weighted by Crippen LogP contribution is -2.08. The van der Waals surface area contributed by atoms with Gasteiger partial charge in [-0.05, 0) is 48.7 Å². The second-order valence-electron chi connectivity index (χ2n) is 4.20. The summed E-state index contributed by atoms with van der Waals surface area (Å²) in [5, 5.41) is 0. The van der Waals surface area contributed by atoms with E-state index in [-0.39, 0.29) is 5.97 Å². The molecule has 0 spiro atoms. The zero-order valence-corrected chi connectivity index (χ0v) is 10.6. The summed E-state index contributed by atoms with van der Waals surface area (Å²) in [6, 6.07) is 14.8. The monoisotopic (exact) mass is 240 g/mol. The van der Waals surface area contributed by atoms with E-state index < -0.39 is 0 Å². The zero-order valence-electron chi connectivity index (χ0n) is 10.6. The summed E-state index contributed by atoms with van der Waals surface area (Å²) < 4.78 is 5.34. The van der Waals surface area contributed by atoms with Crippen LogP contribution in [0.25, 0.3) is 0 Å². The third kappa shape index (κ3) is 2.77. The molecule has 0 aliphatic carbocycles. The Balaban J connectivity index is 2.15. The molecule has 2 nitrogen and oxygen atoms in total. The van der Waals surface area contributed by atoms with Crippen molar-refractivity contribution in [3.8, 4) is 5.75 Å². The fourth-order valence-electron chi connectivity index (χ4n) is 1.87. The van der Waals surface area contributed by atoms with E-state index in [1.54, 1.807) is 12.1 Å². The minimum absolute atomic E-state index is 0.320. The van der Waals surface area contributed by atoms with Crippen LogP contribution in [0.5, 0.6) is 5.75 Å². The molecule has 0 radical (unpaired) electrons. The van der Waals surface area contributed by atoms with E-state index in [0.717, 1.165) is 12.0 Å². The molecule has 2 heteroatoms. The largest absolute Gasteiger partial charge is 0.423 e. The van der Waals surface area contributed by atoms with E-state index in [4.69, 9.17) is 4.74 Å². The fraction of sp³-hybridized carbons (Fsp3) is 0.188. The molecule has 2 aromatic carbocycles. The van der Waals surface area contributed by atoms with Gasteiger partial charge in [-0.2, -0.15) is 0 Å². The molecule has 92 valence electrons. The zero-order chi connectivity index (χ0) is 13.0. The van der Waals surface area contributed by atoms with Crippen molar-refractivity contribution in [3.05, 3.63) is 65.2 Å². The molecule has 0 heterocycles. The van der Waals surface area contributed by atoms with Crippen LogP contribution in [-0.2, 0) is 6.42 Å². The van der Waals surface area contributed by atoms with Crippen molar-refractivity contribution in [2.45, 2.75) is 20.3 Å². The number of hydrogen-bond acceptors (Lipinski definition) is 2. The number of rotatable bonds is 3. The Labute approximate surface area is 107 Å². The maximum absolute atomic E-state index is 11.9. The first kappa shape index (κ1) is 12.4. The highest BCUT2D eigenvalue weighted by atomic mass is 16.5. The SMILES string of the molecule is CCc1ccc(OC(=O)c2ccccc2)cc1C. The fourth-order valence-corrected chi connectivity index (χ4v) is 1.87. The minimum Gasteiger partial charge on any atom is -0.423 e. The summed E-state index contributed by atoms with van der Waals surface area (Å²) in [7, 11) is 0. The van der Waals surface area contributed by atoms with E-state index in [9.17, 15) is 4.79 Å². The molecule has 0 bridgehead atoms. The highest BCUT2D eigenvalue weighted by Crippen LogP contribution is 2.18. The molecular weight excluding hydrogens is 224 g/mol. The van der Waals surface area contributed by atoms with Gasteiger partial charge in [0.25, 0.3) is 0 Å². The molecule has 2 rings (SSSR count). The van der Waals surface area contributed by atoms with E-state index in [0.29, 0.717) is 11.3 Å². The molecular formula is C16H16O2. The van der Waals surface area contributed by atoms with Crippen LogP contribution in [-0.4, -0.2) is 5.97 Å². The standard InChI is InChI=1S/C16H16O2/c1-3-13-9-10-15(11-12(13)2)18-16(17)14-7-5-4-6-8-14/h4-11H,3H2,1-2H3. The molecule has 18 heavy (non-hydrogen) atoms. The van der Waals surface area contributed by atoms with E-state index in [1.807, 2.05) is 43.3 Å². The number of carbonyl (C=O) groups is 1. The third-order valence-electron chi connectivity index (χ3n) is 2.92. The van der Waals surface area contributed by atoms with Crippen LogP contribution in [0.2, 0.25) is 0 Å². The predicted octanol–water partition coefficient (Wildman–Crippen LogP) is 3.78. The summed E-state index contributed by atoms with van der Waals surface area (Å²) in [4.78, 5) is 11.9. The van der Waals surface area contributed by atoms with Crippen LogP contribution in [0.1, 0.15) is 28.4 Å². The Kier molecular flexibility index (Phi) is 3.78. The Hall–Kier alpha value is -2.09. The van der Waals surface area contributed by atoms with Gasteiger partial charge in [-0.15, -0.1) is 0 Å².